The van der Waals surface area contributed by atoms with Crippen molar-refractivity contribution in [1.82, 2.24) is 0 Å². The molecule has 0 radical (unpaired) electrons. The first-order chi connectivity index (χ1) is 13.8. The summed E-state index contributed by atoms with van der Waals surface area (Å²) >= 11 is 0. The fraction of sp³-hybridized carbons (Fsp3) is 0.280. The van der Waals surface area contributed by atoms with E-state index in [0.717, 1.165) is 18.4 Å². The molecule has 3 heteroatoms. The Labute approximate surface area is 174 Å². The molecule has 0 heterocycles. The quantitative estimate of drug-likeness (QED) is 0.351. The molecule has 0 spiro atoms. The van der Waals surface area contributed by atoms with Gasteiger partial charge in [0.2, 0.25) is 0 Å². The first kappa shape index (κ1) is 20.8. The Hall–Kier alpha value is -1.95. The van der Waals surface area contributed by atoms with Crippen molar-refractivity contribution in [2.24, 2.45) is 0 Å². The molecule has 0 aliphatic carbocycles. The molecule has 3 aromatic rings. The highest BCUT2D eigenvalue weighted by Crippen LogP contribution is 2.16. The highest BCUT2D eigenvalue weighted by Gasteiger charge is 2.22. The van der Waals surface area contributed by atoms with Crippen molar-refractivity contribution < 1.29 is 4.74 Å². The van der Waals surface area contributed by atoms with Crippen molar-refractivity contribution in [1.29, 1.82) is 0 Å². The zero-order valence-electron chi connectivity index (χ0n) is 17.0. The van der Waals surface area contributed by atoms with Gasteiger partial charge in [-0.2, -0.15) is 0 Å². The molecule has 0 amide bonds. The molecule has 3 aromatic carbocycles. The fourth-order valence-electron chi connectivity index (χ4n) is 3.95. The average molecular weight is 405 g/mol. The van der Waals surface area contributed by atoms with E-state index in [-0.39, 0.29) is 0 Å². The Kier molecular flexibility index (Phi) is 8.75. The molecule has 1 unspecified atom stereocenters. The van der Waals surface area contributed by atoms with Crippen molar-refractivity contribution >= 4 is 29.4 Å². The van der Waals surface area contributed by atoms with Crippen LogP contribution in [0.1, 0.15) is 31.2 Å². The Morgan fingerprint density at radius 1 is 0.679 bits per heavy atom. The molecule has 0 bridgehead atoms. The third-order valence-corrected chi connectivity index (χ3v) is 11.7. The van der Waals surface area contributed by atoms with E-state index in [1.165, 1.54) is 41.5 Å². The van der Waals surface area contributed by atoms with E-state index >= 15 is 0 Å². The third kappa shape index (κ3) is 6.59. The SMILES string of the molecule is [SiH3]C(CCCCCOCc1ccccc1)[SiH](c1ccccc1)c1ccccc1. The van der Waals surface area contributed by atoms with Crippen LogP contribution in [0.4, 0.5) is 0 Å². The molecule has 0 N–H and O–H groups in total. The highest BCUT2D eigenvalue weighted by atomic mass is 28.3. The molecule has 1 atom stereocenters. The van der Waals surface area contributed by atoms with Gasteiger partial charge in [0.25, 0.3) is 0 Å². The van der Waals surface area contributed by atoms with Crippen molar-refractivity contribution in [3.63, 3.8) is 0 Å². The maximum Gasteiger partial charge on any atom is 0.102 e. The summed E-state index contributed by atoms with van der Waals surface area (Å²) < 4.78 is 5.83. The van der Waals surface area contributed by atoms with E-state index in [4.69, 9.17) is 4.74 Å². The smallest absolute Gasteiger partial charge is 0.102 e. The maximum atomic E-state index is 5.83. The number of unbranched alkanes of at least 4 members (excludes halogenated alkanes) is 2. The van der Waals surface area contributed by atoms with Gasteiger partial charge >= 0.3 is 0 Å². The lowest BCUT2D eigenvalue weighted by Gasteiger charge is -2.23. The second-order valence-corrected chi connectivity index (χ2v) is 13.9. The zero-order chi connectivity index (χ0) is 19.4. The summed E-state index contributed by atoms with van der Waals surface area (Å²) in [5, 5.41) is 4.09. The van der Waals surface area contributed by atoms with Crippen molar-refractivity contribution in [3.8, 4) is 0 Å². The van der Waals surface area contributed by atoms with Gasteiger partial charge in [0.05, 0.1) is 6.61 Å². The second kappa shape index (κ2) is 11.8. The monoisotopic (exact) mass is 404 g/mol. The summed E-state index contributed by atoms with van der Waals surface area (Å²) in [4.78, 5) is 0. The van der Waals surface area contributed by atoms with Crippen LogP contribution in [-0.2, 0) is 11.3 Å². The normalized spacial score (nSPS) is 12.3. The minimum atomic E-state index is -1.12. The molecular formula is C25H32OSi2. The van der Waals surface area contributed by atoms with Crippen LogP contribution in [-0.4, -0.2) is 25.6 Å². The summed E-state index contributed by atoms with van der Waals surface area (Å²) in [6.45, 7) is 1.61. The summed E-state index contributed by atoms with van der Waals surface area (Å²) in [5.74, 6) is 0. The first-order valence-corrected chi connectivity index (χ1v) is 13.5. The lowest BCUT2D eigenvalue weighted by Crippen LogP contribution is -2.46. The molecule has 28 heavy (non-hydrogen) atoms. The van der Waals surface area contributed by atoms with E-state index < -0.39 is 8.80 Å². The molecule has 0 saturated carbocycles. The second-order valence-electron chi connectivity index (χ2n) is 7.66. The molecule has 0 aromatic heterocycles. The highest BCUT2D eigenvalue weighted by molar-refractivity contribution is 6.90. The van der Waals surface area contributed by atoms with Crippen LogP contribution in [0.2, 0.25) is 5.16 Å². The van der Waals surface area contributed by atoms with E-state index in [2.05, 4.69) is 91.0 Å². The van der Waals surface area contributed by atoms with Gasteiger partial charge in [-0.15, -0.1) is 0 Å². The standard InChI is InChI=1S/C25H32OSi2/c27-25(19-11-4-12-20-26-21-22-13-5-1-6-14-22)28(23-15-7-2-8-16-23)24-17-9-3-10-18-24/h1-3,5-10,13-18,25,28H,4,11-12,19-21H2,27H3. The van der Waals surface area contributed by atoms with Gasteiger partial charge in [0.1, 0.15) is 8.80 Å². The Bertz CT molecular complexity index is 738. The minimum Gasteiger partial charge on any atom is -0.377 e. The van der Waals surface area contributed by atoms with Gasteiger partial charge < -0.3 is 4.74 Å². The van der Waals surface area contributed by atoms with Crippen molar-refractivity contribution in [3.05, 3.63) is 96.6 Å². The van der Waals surface area contributed by atoms with E-state index in [0.29, 0.717) is 0 Å². The van der Waals surface area contributed by atoms with Crippen LogP contribution in [0.15, 0.2) is 91.0 Å². The molecular weight excluding hydrogens is 372 g/mol. The molecule has 0 aliphatic heterocycles. The van der Waals surface area contributed by atoms with Gasteiger partial charge in [0.15, 0.2) is 0 Å². The number of hydrogen-bond donors (Lipinski definition) is 0. The molecule has 0 aliphatic rings. The van der Waals surface area contributed by atoms with Crippen LogP contribution in [0, 0.1) is 0 Å². The Balaban J connectivity index is 1.43. The zero-order valence-corrected chi connectivity index (χ0v) is 20.1. The molecule has 0 saturated heterocycles. The Morgan fingerprint density at radius 3 is 1.79 bits per heavy atom. The summed E-state index contributed by atoms with van der Waals surface area (Å²) in [7, 11) is 0.155. The average Bonchev–Trinajstić information content (AvgIpc) is 2.75. The van der Waals surface area contributed by atoms with Gasteiger partial charge in [0, 0.05) is 16.8 Å². The number of hydrogen-bond acceptors (Lipinski definition) is 1. The Morgan fingerprint density at radius 2 is 1.21 bits per heavy atom. The van der Waals surface area contributed by atoms with Crippen LogP contribution < -0.4 is 10.4 Å². The van der Waals surface area contributed by atoms with E-state index in [1.807, 2.05) is 0 Å². The number of ether oxygens (including phenoxy) is 1. The van der Waals surface area contributed by atoms with Crippen LogP contribution in [0.5, 0.6) is 0 Å². The van der Waals surface area contributed by atoms with Crippen molar-refractivity contribution in [2.45, 2.75) is 37.5 Å². The van der Waals surface area contributed by atoms with Gasteiger partial charge in [-0.3, -0.25) is 0 Å². The van der Waals surface area contributed by atoms with Crippen LogP contribution >= 0.6 is 0 Å². The van der Waals surface area contributed by atoms with Gasteiger partial charge in [-0.25, -0.2) is 0 Å². The fourth-order valence-corrected chi connectivity index (χ4v) is 10.2. The molecule has 3 rings (SSSR count). The van der Waals surface area contributed by atoms with E-state index in [9.17, 15) is 0 Å². The van der Waals surface area contributed by atoms with Gasteiger partial charge in [-0.05, 0) is 12.0 Å². The van der Waals surface area contributed by atoms with Crippen LogP contribution in [0.3, 0.4) is 0 Å². The molecule has 146 valence electrons. The lowest BCUT2D eigenvalue weighted by atomic mass is 10.2. The number of benzene rings is 3. The molecule has 0 fully saturated rings. The van der Waals surface area contributed by atoms with Gasteiger partial charge in [-0.1, -0.05) is 126 Å². The van der Waals surface area contributed by atoms with Crippen molar-refractivity contribution in [2.75, 3.05) is 6.61 Å². The predicted octanol–water partition coefficient (Wildman–Crippen LogP) is 3.50. The minimum absolute atomic E-state index is 0.737. The number of rotatable bonds is 11. The first-order valence-electron chi connectivity index (χ1n) is 10.6. The van der Waals surface area contributed by atoms with Crippen LogP contribution in [0.25, 0.3) is 0 Å². The summed E-state index contributed by atoms with van der Waals surface area (Å²) in [5.41, 5.74) is 1.27. The largest absolute Gasteiger partial charge is 0.377 e. The third-order valence-electron chi connectivity index (χ3n) is 5.45. The summed E-state index contributed by atoms with van der Waals surface area (Å²) in [6.07, 6.45) is 5.14. The predicted molar refractivity (Wildman–Crippen MR) is 128 cm³/mol. The maximum absolute atomic E-state index is 5.83. The van der Waals surface area contributed by atoms with E-state index in [1.54, 1.807) is 10.4 Å². The lowest BCUT2D eigenvalue weighted by molar-refractivity contribution is 0.117. The topological polar surface area (TPSA) is 9.23 Å². The summed E-state index contributed by atoms with van der Waals surface area (Å²) in [6, 6.07) is 33.0. The molecule has 1 nitrogen and oxygen atoms in total.